The van der Waals surface area contributed by atoms with Gasteiger partial charge in [-0.05, 0) is 12.8 Å². The van der Waals surface area contributed by atoms with Crippen LogP contribution in [0, 0.1) is 5.92 Å². The SMILES string of the molecule is CC(C)(C)c1nc(NC(=O)C2CCC2)sc1N. The number of anilines is 2. The van der Waals surface area contributed by atoms with Gasteiger partial charge in [-0.15, -0.1) is 0 Å². The zero-order chi connectivity index (χ0) is 12.6. The van der Waals surface area contributed by atoms with Crippen LogP contribution in [0.4, 0.5) is 10.1 Å². The normalized spacial score (nSPS) is 16.6. The molecule has 1 aromatic heterocycles. The van der Waals surface area contributed by atoms with Gasteiger partial charge in [-0.1, -0.05) is 38.5 Å². The van der Waals surface area contributed by atoms with Gasteiger partial charge in [-0.3, -0.25) is 4.79 Å². The Hall–Kier alpha value is -1.10. The van der Waals surface area contributed by atoms with E-state index in [1.807, 2.05) is 0 Å². The van der Waals surface area contributed by atoms with Crippen molar-refractivity contribution in [1.82, 2.24) is 4.98 Å². The highest BCUT2D eigenvalue weighted by Crippen LogP contribution is 2.35. The fourth-order valence-corrected chi connectivity index (χ4v) is 2.75. The Balaban J connectivity index is 2.09. The number of nitrogen functional groups attached to an aromatic ring is 1. The van der Waals surface area contributed by atoms with E-state index in [2.05, 4.69) is 31.1 Å². The Kier molecular flexibility index (Phi) is 3.12. The van der Waals surface area contributed by atoms with Crippen LogP contribution in [0.25, 0.3) is 0 Å². The van der Waals surface area contributed by atoms with Gasteiger partial charge in [-0.25, -0.2) is 4.98 Å². The molecule has 1 aliphatic carbocycles. The molecule has 1 aromatic rings. The minimum atomic E-state index is -0.0833. The van der Waals surface area contributed by atoms with Crippen LogP contribution in [0.15, 0.2) is 0 Å². The van der Waals surface area contributed by atoms with Crippen molar-refractivity contribution in [3.63, 3.8) is 0 Å². The van der Waals surface area contributed by atoms with Crippen LogP contribution in [0.2, 0.25) is 0 Å². The van der Waals surface area contributed by atoms with Crippen LogP contribution in [-0.4, -0.2) is 10.9 Å². The van der Waals surface area contributed by atoms with Gasteiger partial charge in [0.2, 0.25) is 5.91 Å². The number of nitrogens with zero attached hydrogens (tertiary/aromatic N) is 1. The molecule has 0 aliphatic heterocycles. The van der Waals surface area contributed by atoms with Crippen LogP contribution in [0.1, 0.15) is 45.7 Å². The Morgan fingerprint density at radius 1 is 1.47 bits per heavy atom. The van der Waals surface area contributed by atoms with Crippen LogP contribution >= 0.6 is 11.3 Å². The Labute approximate surface area is 106 Å². The van der Waals surface area contributed by atoms with E-state index in [1.165, 1.54) is 11.3 Å². The molecule has 2 rings (SSSR count). The van der Waals surface area contributed by atoms with E-state index >= 15 is 0 Å². The van der Waals surface area contributed by atoms with Crippen molar-refractivity contribution < 1.29 is 4.79 Å². The molecule has 1 aliphatic rings. The molecule has 0 saturated heterocycles. The van der Waals surface area contributed by atoms with Crippen molar-refractivity contribution in [2.75, 3.05) is 11.1 Å². The van der Waals surface area contributed by atoms with Crippen LogP contribution in [0.3, 0.4) is 0 Å². The highest BCUT2D eigenvalue weighted by molar-refractivity contribution is 7.19. The number of carbonyl (C=O) groups is 1. The summed E-state index contributed by atoms with van der Waals surface area (Å²) in [6.07, 6.45) is 3.16. The summed E-state index contributed by atoms with van der Waals surface area (Å²) in [4.78, 5) is 16.2. The molecule has 1 heterocycles. The molecule has 17 heavy (non-hydrogen) atoms. The summed E-state index contributed by atoms with van der Waals surface area (Å²) >= 11 is 1.36. The average molecular weight is 253 g/mol. The number of thiazole rings is 1. The summed E-state index contributed by atoms with van der Waals surface area (Å²) in [7, 11) is 0. The number of hydrogen-bond donors (Lipinski definition) is 2. The number of aromatic nitrogens is 1. The molecule has 1 saturated carbocycles. The first-order chi connectivity index (χ1) is 7.88. The molecule has 3 N–H and O–H groups in total. The Morgan fingerprint density at radius 3 is 2.53 bits per heavy atom. The molecule has 94 valence electrons. The number of hydrogen-bond acceptors (Lipinski definition) is 4. The lowest BCUT2D eigenvalue weighted by Crippen LogP contribution is -2.28. The number of nitrogens with one attached hydrogen (secondary N) is 1. The van der Waals surface area contributed by atoms with E-state index in [-0.39, 0.29) is 17.2 Å². The van der Waals surface area contributed by atoms with Crippen molar-refractivity contribution in [2.24, 2.45) is 5.92 Å². The zero-order valence-corrected chi connectivity index (χ0v) is 11.4. The van der Waals surface area contributed by atoms with E-state index in [9.17, 15) is 4.79 Å². The molecule has 5 heteroatoms. The maximum atomic E-state index is 11.8. The highest BCUT2D eigenvalue weighted by atomic mass is 32.1. The topological polar surface area (TPSA) is 68.0 Å². The maximum absolute atomic E-state index is 11.8. The van der Waals surface area contributed by atoms with E-state index in [4.69, 9.17) is 5.73 Å². The van der Waals surface area contributed by atoms with E-state index < -0.39 is 0 Å². The minimum absolute atomic E-state index is 0.0833. The molecule has 0 bridgehead atoms. The van der Waals surface area contributed by atoms with Crippen LogP contribution in [0.5, 0.6) is 0 Å². The first-order valence-electron chi connectivity index (χ1n) is 5.95. The highest BCUT2D eigenvalue weighted by Gasteiger charge is 2.27. The molecular weight excluding hydrogens is 234 g/mol. The van der Waals surface area contributed by atoms with Gasteiger partial charge in [0.1, 0.15) is 5.00 Å². The average Bonchev–Trinajstić information content (AvgIpc) is 2.41. The summed E-state index contributed by atoms with van der Waals surface area (Å²) in [6, 6.07) is 0. The Bertz CT molecular complexity index is 429. The van der Waals surface area contributed by atoms with Crippen molar-refractivity contribution in [3.05, 3.63) is 5.69 Å². The van der Waals surface area contributed by atoms with Gasteiger partial charge in [0.15, 0.2) is 5.13 Å². The van der Waals surface area contributed by atoms with Crippen molar-refractivity contribution >= 4 is 27.4 Å². The summed E-state index contributed by atoms with van der Waals surface area (Å²) < 4.78 is 0. The number of amides is 1. The number of carbonyl (C=O) groups excluding carboxylic acids is 1. The molecular formula is C12H19N3OS. The largest absolute Gasteiger partial charge is 0.389 e. The van der Waals surface area contributed by atoms with E-state index in [1.54, 1.807) is 0 Å². The fraction of sp³-hybridized carbons (Fsp3) is 0.667. The predicted octanol–water partition coefficient (Wildman–Crippen LogP) is 2.76. The lowest BCUT2D eigenvalue weighted by molar-refractivity contribution is -0.122. The molecule has 0 unspecified atom stereocenters. The zero-order valence-electron chi connectivity index (χ0n) is 10.5. The molecule has 4 nitrogen and oxygen atoms in total. The summed E-state index contributed by atoms with van der Waals surface area (Å²) in [5.41, 5.74) is 6.71. The molecule has 0 atom stereocenters. The second-order valence-electron chi connectivity index (χ2n) is 5.60. The van der Waals surface area contributed by atoms with Crippen LogP contribution in [-0.2, 0) is 10.2 Å². The lowest BCUT2D eigenvalue weighted by Gasteiger charge is -2.23. The quantitative estimate of drug-likeness (QED) is 0.851. The standard InChI is InChI=1S/C12H19N3OS/c1-12(2,3)8-9(13)17-11(14-8)15-10(16)7-5-4-6-7/h7H,4-6,13H2,1-3H3,(H,14,15,16). The maximum Gasteiger partial charge on any atom is 0.229 e. The van der Waals surface area contributed by atoms with Crippen LogP contribution < -0.4 is 11.1 Å². The first kappa shape index (κ1) is 12.4. The number of rotatable bonds is 2. The third-order valence-electron chi connectivity index (χ3n) is 3.07. The van der Waals surface area contributed by atoms with Crippen molar-refractivity contribution in [3.8, 4) is 0 Å². The minimum Gasteiger partial charge on any atom is -0.389 e. The van der Waals surface area contributed by atoms with Crippen molar-refractivity contribution in [2.45, 2.75) is 45.4 Å². The Morgan fingerprint density at radius 2 is 2.12 bits per heavy atom. The molecule has 0 aromatic carbocycles. The monoisotopic (exact) mass is 253 g/mol. The molecule has 1 amide bonds. The van der Waals surface area contributed by atoms with E-state index in [0.717, 1.165) is 25.0 Å². The number of nitrogens with two attached hydrogens (primary N) is 1. The summed E-state index contributed by atoms with van der Waals surface area (Å²) in [5.74, 6) is 0.267. The van der Waals surface area contributed by atoms with Gasteiger partial charge >= 0.3 is 0 Å². The third-order valence-corrected chi connectivity index (χ3v) is 3.87. The predicted molar refractivity (Wildman–Crippen MR) is 71.2 cm³/mol. The fourth-order valence-electron chi connectivity index (χ4n) is 1.80. The van der Waals surface area contributed by atoms with Gasteiger partial charge in [0.25, 0.3) is 0 Å². The second kappa shape index (κ2) is 4.29. The van der Waals surface area contributed by atoms with Crippen molar-refractivity contribution in [1.29, 1.82) is 0 Å². The van der Waals surface area contributed by atoms with Gasteiger partial charge < -0.3 is 11.1 Å². The summed E-state index contributed by atoms with van der Waals surface area (Å²) in [5, 5.41) is 4.19. The molecule has 0 spiro atoms. The smallest absolute Gasteiger partial charge is 0.229 e. The first-order valence-corrected chi connectivity index (χ1v) is 6.77. The van der Waals surface area contributed by atoms with Gasteiger partial charge in [0, 0.05) is 11.3 Å². The lowest BCUT2D eigenvalue weighted by atomic mass is 9.85. The second-order valence-corrected chi connectivity index (χ2v) is 6.63. The van der Waals surface area contributed by atoms with Gasteiger partial charge in [-0.2, -0.15) is 0 Å². The van der Waals surface area contributed by atoms with E-state index in [0.29, 0.717) is 10.1 Å². The van der Waals surface area contributed by atoms with Gasteiger partial charge in [0.05, 0.1) is 5.69 Å². The third kappa shape index (κ3) is 2.60. The molecule has 0 radical (unpaired) electrons. The molecule has 1 fully saturated rings. The summed E-state index contributed by atoms with van der Waals surface area (Å²) in [6.45, 7) is 6.20.